The molecule has 0 aromatic heterocycles. The molecule has 0 saturated heterocycles. The minimum absolute atomic E-state index is 0.0589. The number of hydroxylamine groups is 1. The van der Waals surface area contributed by atoms with Gasteiger partial charge in [-0.3, -0.25) is 4.84 Å². The lowest BCUT2D eigenvalue weighted by molar-refractivity contribution is -0.0153. The summed E-state index contributed by atoms with van der Waals surface area (Å²) in [6.07, 6.45) is -0.734. The Kier molecular flexibility index (Phi) is 5.91. The zero-order valence-corrected chi connectivity index (χ0v) is 11.9. The highest BCUT2D eigenvalue weighted by Gasteiger charge is 2.18. The predicted molar refractivity (Wildman–Crippen MR) is 71.5 cm³/mol. The number of aliphatic hydroxyl groups excluding tert-OH is 1. The van der Waals surface area contributed by atoms with Gasteiger partial charge in [0.25, 0.3) is 0 Å². The van der Waals surface area contributed by atoms with Crippen LogP contribution in [0, 0.1) is 5.82 Å². The zero-order valence-electron chi connectivity index (χ0n) is 11.9. The van der Waals surface area contributed by atoms with Gasteiger partial charge in [-0.25, -0.2) is 9.18 Å². The van der Waals surface area contributed by atoms with Gasteiger partial charge in [-0.05, 0) is 32.4 Å². The van der Waals surface area contributed by atoms with E-state index in [0.29, 0.717) is 5.56 Å². The number of halogens is 1. The van der Waals surface area contributed by atoms with E-state index in [2.05, 4.69) is 5.48 Å². The van der Waals surface area contributed by atoms with Crippen molar-refractivity contribution in [2.75, 3.05) is 13.2 Å². The molecule has 0 aliphatic heterocycles. The summed E-state index contributed by atoms with van der Waals surface area (Å²) < 4.78 is 18.5. The Morgan fingerprint density at radius 2 is 2.05 bits per heavy atom. The number of nitrogens with one attached hydrogen (secondary N) is 1. The molecule has 0 aliphatic rings. The molecule has 0 aliphatic carbocycles. The van der Waals surface area contributed by atoms with Crippen LogP contribution < -0.4 is 5.48 Å². The molecule has 1 atom stereocenters. The van der Waals surface area contributed by atoms with Crippen molar-refractivity contribution in [1.29, 1.82) is 0 Å². The second kappa shape index (κ2) is 7.21. The Hall–Kier alpha value is -1.66. The molecule has 1 aromatic rings. The average molecular weight is 285 g/mol. The van der Waals surface area contributed by atoms with Crippen molar-refractivity contribution in [2.45, 2.75) is 32.3 Å². The maximum Gasteiger partial charge on any atom is 0.431 e. The Morgan fingerprint density at radius 1 is 1.40 bits per heavy atom. The van der Waals surface area contributed by atoms with Gasteiger partial charge < -0.3 is 9.84 Å². The van der Waals surface area contributed by atoms with Crippen molar-refractivity contribution in [1.82, 2.24) is 5.48 Å². The number of ether oxygens (including phenoxy) is 1. The lowest BCUT2D eigenvalue weighted by atomic mass is 10.0. The summed E-state index contributed by atoms with van der Waals surface area (Å²) in [4.78, 5) is 16.3. The molecule has 0 spiro atoms. The van der Waals surface area contributed by atoms with Gasteiger partial charge >= 0.3 is 6.09 Å². The first-order valence-electron chi connectivity index (χ1n) is 6.29. The number of hydrogen-bond donors (Lipinski definition) is 2. The molecular weight excluding hydrogens is 265 g/mol. The molecule has 1 aromatic carbocycles. The summed E-state index contributed by atoms with van der Waals surface area (Å²) in [7, 11) is 0. The second-order valence-corrected chi connectivity index (χ2v) is 5.32. The van der Waals surface area contributed by atoms with Crippen LogP contribution in [0.15, 0.2) is 24.3 Å². The van der Waals surface area contributed by atoms with Crippen LogP contribution in [-0.4, -0.2) is 30.0 Å². The normalized spacial score (nSPS) is 12.8. The molecule has 1 rings (SSSR count). The number of carbonyl (C=O) groups excluding carboxylic acids is 1. The summed E-state index contributed by atoms with van der Waals surface area (Å²) in [5.74, 6) is -0.987. The lowest BCUT2D eigenvalue weighted by Gasteiger charge is -2.20. The Bertz CT molecular complexity index is 445. The molecule has 6 heteroatoms. The van der Waals surface area contributed by atoms with E-state index in [4.69, 9.17) is 9.57 Å². The molecule has 1 unspecified atom stereocenters. The summed E-state index contributed by atoms with van der Waals surface area (Å²) in [6, 6.07) is 6.10. The van der Waals surface area contributed by atoms with Crippen LogP contribution in [0.2, 0.25) is 0 Å². The molecule has 5 nitrogen and oxygen atoms in total. The monoisotopic (exact) mass is 285 g/mol. The first-order chi connectivity index (χ1) is 9.33. The van der Waals surface area contributed by atoms with Crippen LogP contribution in [0.25, 0.3) is 0 Å². The maximum atomic E-state index is 13.6. The zero-order chi connectivity index (χ0) is 15.2. The van der Waals surface area contributed by atoms with Crippen LogP contribution in [0.3, 0.4) is 0 Å². The third-order valence-electron chi connectivity index (χ3n) is 2.40. The van der Waals surface area contributed by atoms with Gasteiger partial charge in [0.15, 0.2) is 0 Å². The van der Waals surface area contributed by atoms with Crippen molar-refractivity contribution in [2.24, 2.45) is 0 Å². The Morgan fingerprint density at radius 3 is 2.60 bits per heavy atom. The maximum absolute atomic E-state index is 13.6. The SMILES string of the molecule is CC(C)(C)OC(=O)NOCC(CO)c1ccccc1F. The standard InChI is InChI=1S/C14H20FNO4/c1-14(2,3)20-13(18)16-19-9-10(8-17)11-6-4-5-7-12(11)15/h4-7,10,17H,8-9H2,1-3H3,(H,16,18). The van der Waals surface area contributed by atoms with E-state index in [1.807, 2.05) is 0 Å². The average Bonchev–Trinajstić information content (AvgIpc) is 2.34. The van der Waals surface area contributed by atoms with Crippen molar-refractivity contribution >= 4 is 6.09 Å². The molecule has 2 N–H and O–H groups in total. The fraction of sp³-hybridized carbons (Fsp3) is 0.500. The van der Waals surface area contributed by atoms with E-state index >= 15 is 0 Å². The highest BCUT2D eigenvalue weighted by Crippen LogP contribution is 2.18. The lowest BCUT2D eigenvalue weighted by Crippen LogP contribution is -2.33. The smallest absolute Gasteiger partial charge is 0.431 e. The van der Waals surface area contributed by atoms with Crippen molar-refractivity contribution in [3.8, 4) is 0 Å². The Balaban J connectivity index is 2.47. The molecule has 0 saturated carbocycles. The second-order valence-electron chi connectivity index (χ2n) is 5.32. The van der Waals surface area contributed by atoms with Gasteiger partial charge in [-0.1, -0.05) is 18.2 Å². The fourth-order valence-corrected chi connectivity index (χ4v) is 1.55. The predicted octanol–water partition coefficient (Wildman–Crippen LogP) is 2.36. The number of hydrogen-bond acceptors (Lipinski definition) is 4. The van der Waals surface area contributed by atoms with E-state index in [0.717, 1.165) is 0 Å². The van der Waals surface area contributed by atoms with Crippen LogP contribution in [-0.2, 0) is 9.57 Å². The summed E-state index contributed by atoms with van der Waals surface area (Å²) >= 11 is 0. The summed E-state index contributed by atoms with van der Waals surface area (Å²) in [5.41, 5.74) is 1.80. The quantitative estimate of drug-likeness (QED) is 0.815. The van der Waals surface area contributed by atoms with E-state index in [1.54, 1.807) is 39.0 Å². The van der Waals surface area contributed by atoms with Crippen LogP contribution in [0.4, 0.5) is 9.18 Å². The summed E-state index contributed by atoms with van der Waals surface area (Å²) in [5, 5.41) is 9.26. The molecular formula is C14H20FNO4. The first-order valence-corrected chi connectivity index (χ1v) is 6.29. The van der Waals surface area contributed by atoms with E-state index < -0.39 is 23.4 Å². The molecule has 0 heterocycles. The van der Waals surface area contributed by atoms with Gasteiger partial charge in [0.05, 0.1) is 13.2 Å². The fourth-order valence-electron chi connectivity index (χ4n) is 1.55. The molecule has 0 bridgehead atoms. The summed E-state index contributed by atoms with van der Waals surface area (Å²) in [6.45, 7) is 4.82. The number of aliphatic hydroxyl groups is 1. The minimum Gasteiger partial charge on any atom is -0.442 e. The van der Waals surface area contributed by atoms with Gasteiger partial charge in [0, 0.05) is 5.92 Å². The van der Waals surface area contributed by atoms with Crippen molar-refractivity contribution in [3.05, 3.63) is 35.6 Å². The Labute approximate surface area is 117 Å². The highest BCUT2D eigenvalue weighted by atomic mass is 19.1. The number of rotatable bonds is 5. The van der Waals surface area contributed by atoms with E-state index in [9.17, 15) is 14.3 Å². The van der Waals surface area contributed by atoms with Gasteiger partial charge in [0.2, 0.25) is 0 Å². The molecule has 0 fully saturated rings. The molecule has 0 radical (unpaired) electrons. The van der Waals surface area contributed by atoms with Gasteiger partial charge in [-0.15, -0.1) is 0 Å². The van der Waals surface area contributed by atoms with Crippen LogP contribution >= 0.6 is 0 Å². The third kappa shape index (κ3) is 5.54. The van der Waals surface area contributed by atoms with E-state index in [1.165, 1.54) is 6.07 Å². The molecule has 1 amide bonds. The third-order valence-corrected chi connectivity index (χ3v) is 2.40. The first kappa shape index (κ1) is 16.4. The number of carbonyl (C=O) groups is 1. The van der Waals surface area contributed by atoms with E-state index in [-0.39, 0.29) is 13.2 Å². The van der Waals surface area contributed by atoms with Crippen LogP contribution in [0.1, 0.15) is 32.3 Å². The van der Waals surface area contributed by atoms with Crippen molar-refractivity contribution < 1.29 is 23.9 Å². The largest absolute Gasteiger partial charge is 0.442 e. The molecule has 112 valence electrons. The number of benzene rings is 1. The van der Waals surface area contributed by atoms with Gasteiger partial charge in [-0.2, -0.15) is 5.48 Å². The topological polar surface area (TPSA) is 67.8 Å². The van der Waals surface area contributed by atoms with Crippen molar-refractivity contribution in [3.63, 3.8) is 0 Å². The van der Waals surface area contributed by atoms with Gasteiger partial charge in [0.1, 0.15) is 11.4 Å². The molecule has 20 heavy (non-hydrogen) atoms. The number of amides is 1. The highest BCUT2D eigenvalue weighted by molar-refractivity contribution is 5.66. The van der Waals surface area contributed by atoms with Crippen LogP contribution in [0.5, 0.6) is 0 Å². The minimum atomic E-state index is -0.734.